The number of para-hydroxylation sites is 1. The molecule has 1 fully saturated rings. The van der Waals surface area contributed by atoms with Crippen molar-refractivity contribution in [2.24, 2.45) is 5.92 Å². The van der Waals surface area contributed by atoms with Crippen molar-refractivity contribution in [3.8, 4) is 0 Å². The van der Waals surface area contributed by atoms with Crippen molar-refractivity contribution >= 4 is 45.9 Å². The molecule has 1 atom stereocenters. The number of ether oxygens (including phenoxy) is 1. The lowest BCUT2D eigenvalue weighted by Gasteiger charge is -2.20. The minimum absolute atomic E-state index is 0.0182. The first-order chi connectivity index (χ1) is 15.9. The quantitative estimate of drug-likeness (QED) is 0.486. The number of rotatable bonds is 8. The van der Waals surface area contributed by atoms with Crippen LogP contribution < -0.4 is 5.62 Å². The van der Waals surface area contributed by atoms with E-state index in [2.05, 4.69) is 0 Å². The van der Waals surface area contributed by atoms with Crippen molar-refractivity contribution in [1.82, 2.24) is 14.0 Å². The van der Waals surface area contributed by atoms with E-state index in [1.807, 2.05) is 16.7 Å². The Bertz CT molecular complexity index is 1230. The number of fused-ring (bicyclic) bond motifs is 1. The number of benzene rings is 2. The predicted octanol–water partition coefficient (Wildman–Crippen LogP) is 4.00. The van der Waals surface area contributed by atoms with E-state index in [1.165, 1.54) is 0 Å². The monoisotopic (exact) mass is 488 g/mol. The minimum Gasteiger partial charge on any atom is -0.381 e. The zero-order valence-corrected chi connectivity index (χ0v) is 19.9. The van der Waals surface area contributed by atoms with Crippen LogP contribution in [0.2, 0.25) is 10.0 Å². The van der Waals surface area contributed by atoms with E-state index < -0.39 is 0 Å². The molecule has 4 rings (SSSR count). The Balaban J connectivity index is 1.54. The summed E-state index contributed by atoms with van der Waals surface area (Å²) in [5.74, 6) is -0.0875. The molecule has 2 aromatic carbocycles. The molecule has 1 saturated heterocycles. The fourth-order valence-corrected chi connectivity index (χ4v) is 4.62. The van der Waals surface area contributed by atoms with Gasteiger partial charge in [-0.2, -0.15) is 0 Å². The number of amides is 1. The number of nitrogens with one attached hydrogen (secondary N) is 1. The number of aryl methyl sites for hydroxylation is 1. The average molecular weight is 489 g/mol. The summed E-state index contributed by atoms with van der Waals surface area (Å²) in [4.78, 5) is 27.1. The lowest BCUT2D eigenvalue weighted by Crippen LogP contribution is -2.35. The number of nitrogens with zero attached hydrogens (tertiary/aromatic N) is 3. The summed E-state index contributed by atoms with van der Waals surface area (Å²) < 4.78 is 8.80. The zero-order valence-electron chi connectivity index (χ0n) is 18.4. The van der Waals surface area contributed by atoms with Gasteiger partial charge < -0.3 is 18.8 Å². The minimum atomic E-state index is -0.117. The molecule has 174 valence electrons. The van der Waals surface area contributed by atoms with Crippen molar-refractivity contribution in [3.05, 3.63) is 63.7 Å². The van der Waals surface area contributed by atoms with E-state index in [0.29, 0.717) is 53.8 Å². The van der Waals surface area contributed by atoms with Crippen LogP contribution in [0.1, 0.15) is 23.2 Å². The van der Waals surface area contributed by atoms with Crippen molar-refractivity contribution in [2.45, 2.75) is 25.9 Å². The fraction of sp³-hybridized carbons (Fsp3) is 0.375. The van der Waals surface area contributed by atoms with Crippen molar-refractivity contribution < 1.29 is 14.3 Å². The molecule has 33 heavy (non-hydrogen) atoms. The molecule has 7 nitrogen and oxygen atoms in total. The van der Waals surface area contributed by atoms with Crippen LogP contribution in [0.5, 0.6) is 0 Å². The van der Waals surface area contributed by atoms with Gasteiger partial charge in [-0.1, -0.05) is 29.3 Å². The molecule has 0 bridgehead atoms. The number of Topliss-reactive ketones (excluding diaryl/α,β-unsaturated/α-hetero) is 1. The standard InChI is InChI=1S/C24H26Cl2N4O3/c1-28(23(32)17-10-13-33-15-17)11-3-12-29-22-19(26)4-2-5-20(22)30(24(29)27)14-21(31)16-6-8-18(25)9-7-16/h2,4-9,17,27H,3,10-15H2,1H3. The van der Waals surface area contributed by atoms with E-state index in [9.17, 15) is 9.59 Å². The zero-order chi connectivity index (χ0) is 23.5. The maximum absolute atomic E-state index is 12.9. The molecule has 1 amide bonds. The average Bonchev–Trinajstić information content (AvgIpc) is 3.43. The molecule has 9 heteroatoms. The largest absolute Gasteiger partial charge is 0.381 e. The number of hydrogen-bond donors (Lipinski definition) is 1. The van der Waals surface area contributed by atoms with Crippen molar-refractivity contribution in [3.63, 3.8) is 0 Å². The molecule has 0 spiro atoms. The van der Waals surface area contributed by atoms with Gasteiger partial charge in [-0.05, 0) is 49.2 Å². The maximum atomic E-state index is 12.9. The molecule has 0 saturated carbocycles. The smallest absolute Gasteiger partial charge is 0.227 e. The number of aromatic nitrogens is 2. The number of halogens is 2. The van der Waals surface area contributed by atoms with Crippen LogP contribution in [-0.2, 0) is 22.6 Å². The topological polar surface area (TPSA) is 80.3 Å². The predicted molar refractivity (Wildman–Crippen MR) is 128 cm³/mol. The third-order valence-electron chi connectivity index (χ3n) is 6.04. The van der Waals surface area contributed by atoms with E-state index in [-0.39, 0.29) is 29.8 Å². The van der Waals surface area contributed by atoms with Crippen molar-refractivity contribution in [1.29, 1.82) is 5.41 Å². The number of hydrogen-bond acceptors (Lipinski definition) is 4. The van der Waals surface area contributed by atoms with Crippen LogP contribution in [-0.4, -0.2) is 52.5 Å². The molecule has 1 aliphatic rings. The van der Waals surface area contributed by atoms with E-state index in [4.69, 9.17) is 33.3 Å². The Hall–Kier alpha value is -2.61. The van der Waals surface area contributed by atoms with Gasteiger partial charge in [-0.3, -0.25) is 15.0 Å². The van der Waals surface area contributed by atoms with Gasteiger partial charge in [0.15, 0.2) is 5.78 Å². The molecular weight excluding hydrogens is 463 g/mol. The normalized spacial score (nSPS) is 15.8. The Labute approximate surface area is 202 Å². The molecule has 1 aliphatic heterocycles. The number of ketones is 1. The summed E-state index contributed by atoms with van der Waals surface area (Å²) in [6, 6.07) is 12.2. The molecule has 2 heterocycles. The van der Waals surface area contributed by atoms with Gasteiger partial charge in [0.05, 0.1) is 35.1 Å². The van der Waals surface area contributed by atoms with Gasteiger partial charge in [0.2, 0.25) is 11.5 Å². The highest BCUT2D eigenvalue weighted by atomic mass is 35.5. The van der Waals surface area contributed by atoms with Crippen LogP contribution in [0.25, 0.3) is 11.0 Å². The first-order valence-corrected chi connectivity index (χ1v) is 11.7. The van der Waals surface area contributed by atoms with Crippen molar-refractivity contribution in [2.75, 3.05) is 26.8 Å². The van der Waals surface area contributed by atoms with E-state index in [0.717, 1.165) is 11.9 Å². The Kier molecular flexibility index (Phi) is 7.22. The lowest BCUT2D eigenvalue weighted by molar-refractivity contribution is -0.134. The Morgan fingerprint density at radius 1 is 1.15 bits per heavy atom. The van der Waals surface area contributed by atoms with Crippen LogP contribution in [0.15, 0.2) is 42.5 Å². The van der Waals surface area contributed by atoms with E-state index >= 15 is 0 Å². The fourth-order valence-electron chi connectivity index (χ4n) is 4.22. The van der Waals surface area contributed by atoms with Crippen LogP contribution in [0.4, 0.5) is 0 Å². The summed E-state index contributed by atoms with van der Waals surface area (Å²) in [6.07, 6.45) is 1.42. The molecule has 3 aromatic rings. The molecule has 0 aliphatic carbocycles. The highest BCUT2D eigenvalue weighted by Gasteiger charge is 2.26. The summed E-state index contributed by atoms with van der Waals surface area (Å²) in [5, 5.41) is 9.85. The van der Waals surface area contributed by atoms with Gasteiger partial charge >= 0.3 is 0 Å². The molecule has 1 aromatic heterocycles. The van der Waals surface area contributed by atoms with Gasteiger partial charge in [-0.25, -0.2) is 0 Å². The summed E-state index contributed by atoms with van der Waals surface area (Å²) in [5.41, 5.74) is 2.16. The van der Waals surface area contributed by atoms with Crippen LogP contribution >= 0.6 is 23.2 Å². The molecule has 1 N–H and O–H groups in total. The Morgan fingerprint density at radius 2 is 1.91 bits per heavy atom. The number of imidazole rings is 1. The van der Waals surface area contributed by atoms with Gasteiger partial charge in [0.25, 0.3) is 0 Å². The van der Waals surface area contributed by atoms with Crippen LogP contribution in [0, 0.1) is 11.3 Å². The number of carbonyl (C=O) groups is 2. The highest BCUT2D eigenvalue weighted by molar-refractivity contribution is 6.35. The summed E-state index contributed by atoms with van der Waals surface area (Å²) >= 11 is 12.4. The van der Waals surface area contributed by atoms with Gasteiger partial charge in [0.1, 0.15) is 0 Å². The number of carbonyl (C=O) groups excluding carboxylic acids is 2. The SMILES string of the molecule is CN(CCCn1c(=N)n(CC(=O)c2ccc(Cl)cc2)c2cccc(Cl)c21)C(=O)C1CCOC1. The highest BCUT2D eigenvalue weighted by Crippen LogP contribution is 2.23. The van der Waals surface area contributed by atoms with E-state index in [1.54, 1.807) is 46.8 Å². The second-order valence-electron chi connectivity index (χ2n) is 8.27. The third kappa shape index (κ3) is 5.00. The molecule has 0 radical (unpaired) electrons. The second-order valence-corrected chi connectivity index (χ2v) is 9.12. The second kappa shape index (κ2) is 10.1. The van der Waals surface area contributed by atoms with Gasteiger partial charge in [0, 0.05) is 37.3 Å². The summed E-state index contributed by atoms with van der Waals surface area (Å²) in [7, 11) is 1.80. The first kappa shape index (κ1) is 23.5. The van der Waals surface area contributed by atoms with Crippen LogP contribution in [0.3, 0.4) is 0 Å². The Morgan fingerprint density at radius 3 is 2.61 bits per heavy atom. The lowest BCUT2D eigenvalue weighted by atomic mass is 10.1. The summed E-state index contributed by atoms with van der Waals surface area (Å²) in [6.45, 7) is 2.20. The molecule has 1 unspecified atom stereocenters. The maximum Gasteiger partial charge on any atom is 0.227 e. The third-order valence-corrected chi connectivity index (χ3v) is 6.59. The van der Waals surface area contributed by atoms with Gasteiger partial charge in [-0.15, -0.1) is 0 Å². The molecular formula is C24H26Cl2N4O3. The first-order valence-electron chi connectivity index (χ1n) is 10.9.